The highest BCUT2D eigenvalue weighted by atomic mass is 16.2. The third kappa shape index (κ3) is 3.01. The maximum absolute atomic E-state index is 13.0. The Balaban J connectivity index is 1.60. The number of hydrogen-bond donors (Lipinski definition) is 0. The fraction of sp³-hybridized carbons (Fsp3) is 0.235. The molecular formula is C17H16N6O. The Morgan fingerprint density at radius 3 is 2.83 bits per heavy atom. The van der Waals surface area contributed by atoms with Gasteiger partial charge in [-0.25, -0.2) is 14.6 Å². The second-order valence-corrected chi connectivity index (χ2v) is 5.73. The Morgan fingerprint density at radius 2 is 2.12 bits per heavy atom. The summed E-state index contributed by atoms with van der Waals surface area (Å²) in [5.41, 5.74) is 1.49. The number of rotatable bonds is 5. The molecule has 3 aromatic rings. The highest BCUT2D eigenvalue weighted by Crippen LogP contribution is 2.29. The van der Waals surface area contributed by atoms with Gasteiger partial charge in [-0.15, -0.1) is 0 Å². The molecule has 0 unspecified atom stereocenters. The number of hydrogen-bond acceptors (Lipinski definition) is 5. The Hall–Kier alpha value is -3.09. The minimum atomic E-state index is -0.00748. The molecule has 1 aliphatic carbocycles. The van der Waals surface area contributed by atoms with E-state index < -0.39 is 0 Å². The second-order valence-electron chi connectivity index (χ2n) is 5.73. The highest BCUT2D eigenvalue weighted by Gasteiger charge is 2.33. The molecule has 1 amide bonds. The minimum Gasteiger partial charge on any atom is -0.330 e. The molecule has 120 valence electrons. The summed E-state index contributed by atoms with van der Waals surface area (Å²) < 4.78 is 1.54. The van der Waals surface area contributed by atoms with Gasteiger partial charge >= 0.3 is 0 Å². The lowest BCUT2D eigenvalue weighted by atomic mass is 10.2. The SMILES string of the molecule is O=C(c1ccnc(-n2cncn2)c1)N(Cc1ccccn1)C1CC1. The van der Waals surface area contributed by atoms with Crippen LogP contribution >= 0.6 is 0 Å². The van der Waals surface area contributed by atoms with Crippen molar-refractivity contribution in [2.24, 2.45) is 0 Å². The first-order valence-electron chi connectivity index (χ1n) is 7.83. The van der Waals surface area contributed by atoms with Gasteiger partial charge in [-0.05, 0) is 37.1 Å². The van der Waals surface area contributed by atoms with E-state index in [-0.39, 0.29) is 5.91 Å². The van der Waals surface area contributed by atoms with Crippen molar-refractivity contribution in [2.75, 3.05) is 0 Å². The molecule has 0 aromatic carbocycles. The molecule has 7 heteroatoms. The van der Waals surface area contributed by atoms with Crippen LogP contribution in [0.25, 0.3) is 5.82 Å². The molecule has 7 nitrogen and oxygen atoms in total. The van der Waals surface area contributed by atoms with E-state index in [1.54, 1.807) is 30.9 Å². The van der Waals surface area contributed by atoms with E-state index in [9.17, 15) is 4.79 Å². The van der Waals surface area contributed by atoms with Crippen molar-refractivity contribution in [3.05, 3.63) is 66.6 Å². The quantitative estimate of drug-likeness (QED) is 0.717. The average Bonchev–Trinajstić information content (AvgIpc) is 3.33. The van der Waals surface area contributed by atoms with E-state index in [1.807, 2.05) is 23.1 Å². The molecule has 0 bridgehead atoms. The van der Waals surface area contributed by atoms with Crippen LogP contribution in [0.5, 0.6) is 0 Å². The first-order valence-corrected chi connectivity index (χ1v) is 7.83. The summed E-state index contributed by atoms with van der Waals surface area (Å²) in [6.07, 6.45) is 8.45. The van der Waals surface area contributed by atoms with Gasteiger partial charge in [-0.3, -0.25) is 9.78 Å². The molecule has 0 aliphatic heterocycles. The molecule has 3 heterocycles. The van der Waals surface area contributed by atoms with Gasteiger partial charge in [0.1, 0.15) is 12.7 Å². The lowest BCUT2D eigenvalue weighted by Gasteiger charge is -2.22. The van der Waals surface area contributed by atoms with Crippen molar-refractivity contribution in [1.29, 1.82) is 0 Å². The standard InChI is InChI=1S/C17H16N6O/c24-17(13-6-8-20-16(9-13)23-12-18-11-21-23)22(15-4-5-15)10-14-3-1-2-7-19-14/h1-3,6-9,11-12,15H,4-5,10H2. The molecule has 0 saturated heterocycles. The summed E-state index contributed by atoms with van der Waals surface area (Å²) in [6, 6.07) is 9.52. The summed E-state index contributed by atoms with van der Waals surface area (Å²) in [5, 5.41) is 4.06. The lowest BCUT2D eigenvalue weighted by molar-refractivity contribution is 0.0727. The topological polar surface area (TPSA) is 76.8 Å². The summed E-state index contributed by atoms with van der Waals surface area (Å²) >= 11 is 0. The van der Waals surface area contributed by atoms with Gasteiger partial charge in [-0.1, -0.05) is 6.07 Å². The van der Waals surface area contributed by atoms with Crippen LogP contribution in [0.15, 0.2) is 55.4 Å². The predicted octanol–water partition coefficient (Wildman–Crippen LogP) is 1.86. The first-order chi connectivity index (χ1) is 11.8. The summed E-state index contributed by atoms with van der Waals surface area (Å²) in [4.78, 5) is 27.4. The van der Waals surface area contributed by atoms with Crippen LogP contribution in [-0.2, 0) is 6.54 Å². The molecule has 24 heavy (non-hydrogen) atoms. The number of carbonyl (C=O) groups excluding carboxylic acids is 1. The normalized spacial score (nSPS) is 13.7. The average molecular weight is 320 g/mol. The molecule has 0 N–H and O–H groups in total. The van der Waals surface area contributed by atoms with Crippen LogP contribution in [0.3, 0.4) is 0 Å². The summed E-state index contributed by atoms with van der Waals surface area (Å²) in [6.45, 7) is 0.519. The Kier molecular flexibility index (Phi) is 3.74. The van der Waals surface area contributed by atoms with E-state index in [2.05, 4.69) is 20.1 Å². The van der Waals surface area contributed by atoms with Crippen LogP contribution in [0.1, 0.15) is 28.9 Å². The Labute approximate surface area is 139 Å². The van der Waals surface area contributed by atoms with Gasteiger partial charge in [0, 0.05) is 24.0 Å². The molecular weight excluding hydrogens is 304 g/mol. The molecule has 1 fully saturated rings. The van der Waals surface area contributed by atoms with Crippen molar-refractivity contribution in [3.8, 4) is 5.82 Å². The fourth-order valence-electron chi connectivity index (χ4n) is 2.59. The minimum absolute atomic E-state index is 0.00748. The number of pyridine rings is 2. The molecule has 1 aliphatic rings. The molecule has 0 atom stereocenters. The van der Waals surface area contributed by atoms with Crippen LogP contribution in [0.2, 0.25) is 0 Å². The van der Waals surface area contributed by atoms with Gasteiger partial charge in [0.2, 0.25) is 0 Å². The van der Waals surface area contributed by atoms with Crippen LogP contribution < -0.4 is 0 Å². The summed E-state index contributed by atoms with van der Waals surface area (Å²) in [7, 11) is 0. The third-order valence-electron chi connectivity index (χ3n) is 3.95. The van der Waals surface area contributed by atoms with Crippen molar-refractivity contribution in [1.82, 2.24) is 29.6 Å². The number of amides is 1. The second kappa shape index (κ2) is 6.19. The molecule has 0 spiro atoms. The molecule has 1 saturated carbocycles. The summed E-state index contributed by atoms with van der Waals surface area (Å²) in [5.74, 6) is 0.568. The largest absolute Gasteiger partial charge is 0.330 e. The number of nitrogens with zero attached hydrogens (tertiary/aromatic N) is 6. The van der Waals surface area contributed by atoms with Gasteiger partial charge in [0.15, 0.2) is 5.82 Å². The van der Waals surface area contributed by atoms with E-state index in [4.69, 9.17) is 0 Å². The maximum Gasteiger partial charge on any atom is 0.254 e. The van der Waals surface area contributed by atoms with Gasteiger partial charge in [0.25, 0.3) is 5.91 Å². The van der Waals surface area contributed by atoms with Crippen molar-refractivity contribution in [2.45, 2.75) is 25.4 Å². The van der Waals surface area contributed by atoms with E-state index >= 15 is 0 Å². The van der Waals surface area contributed by atoms with Crippen molar-refractivity contribution >= 4 is 5.91 Å². The van der Waals surface area contributed by atoms with E-state index in [1.165, 1.54) is 11.0 Å². The number of aromatic nitrogens is 5. The van der Waals surface area contributed by atoms with E-state index in [0.29, 0.717) is 24.0 Å². The smallest absolute Gasteiger partial charge is 0.254 e. The zero-order valence-electron chi connectivity index (χ0n) is 13.0. The Bertz CT molecular complexity index is 829. The molecule has 0 radical (unpaired) electrons. The van der Waals surface area contributed by atoms with Gasteiger partial charge < -0.3 is 4.90 Å². The lowest BCUT2D eigenvalue weighted by Crippen LogP contribution is -2.33. The molecule has 4 rings (SSSR count). The van der Waals surface area contributed by atoms with Crippen molar-refractivity contribution < 1.29 is 4.79 Å². The van der Waals surface area contributed by atoms with E-state index in [0.717, 1.165) is 18.5 Å². The van der Waals surface area contributed by atoms with Crippen LogP contribution in [-0.4, -0.2) is 41.6 Å². The van der Waals surface area contributed by atoms with Gasteiger partial charge in [0.05, 0.1) is 12.2 Å². The zero-order chi connectivity index (χ0) is 16.4. The third-order valence-corrected chi connectivity index (χ3v) is 3.95. The van der Waals surface area contributed by atoms with Crippen LogP contribution in [0.4, 0.5) is 0 Å². The highest BCUT2D eigenvalue weighted by molar-refractivity contribution is 5.94. The fourth-order valence-corrected chi connectivity index (χ4v) is 2.59. The zero-order valence-corrected chi connectivity index (χ0v) is 13.0. The predicted molar refractivity (Wildman–Crippen MR) is 86.3 cm³/mol. The monoisotopic (exact) mass is 320 g/mol. The number of carbonyl (C=O) groups is 1. The maximum atomic E-state index is 13.0. The molecule has 3 aromatic heterocycles. The van der Waals surface area contributed by atoms with Crippen molar-refractivity contribution in [3.63, 3.8) is 0 Å². The van der Waals surface area contributed by atoms with Gasteiger partial charge in [-0.2, -0.15) is 5.10 Å². The van der Waals surface area contributed by atoms with Crippen LogP contribution in [0, 0.1) is 0 Å². The Morgan fingerprint density at radius 1 is 1.21 bits per heavy atom. The first kappa shape index (κ1) is 14.5.